The summed E-state index contributed by atoms with van der Waals surface area (Å²) >= 11 is 0. The molecular weight excluding hydrogens is 452 g/mol. The van der Waals surface area contributed by atoms with Gasteiger partial charge in [0.1, 0.15) is 34.4 Å². The van der Waals surface area contributed by atoms with E-state index in [1.165, 1.54) is 37.2 Å². The zero-order valence-corrected chi connectivity index (χ0v) is 19.6. The van der Waals surface area contributed by atoms with Crippen molar-refractivity contribution in [3.05, 3.63) is 64.7 Å². The van der Waals surface area contributed by atoms with Gasteiger partial charge < -0.3 is 21.3 Å². The van der Waals surface area contributed by atoms with Gasteiger partial charge in [-0.15, -0.1) is 0 Å². The van der Waals surface area contributed by atoms with Crippen LogP contribution in [0.15, 0.2) is 36.5 Å². The maximum Gasteiger partial charge on any atom is 0.256 e. The molecule has 1 fully saturated rings. The molecule has 35 heavy (non-hydrogen) atoms. The summed E-state index contributed by atoms with van der Waals surface area (Å²) in [6.07, 6.45) is 4.22. The number of nitrogens with one attached hydrogen (secondary N) is 4. The Morgan fingerprint density at radius 3 is 2.71 bits per heavy atom. The van der Waals surface area contributed by atoms with Crippen molar-refractivity contribution in [2.24, 2.45) is 0 Å². The number of benzene rings is 1. The van der Waals surface area contributed by atoms with Gasteiger partial charge in [-0.1, -0.05) is 6.07 Å². The number of hydrogen-bond acceptors (Lipinski definition) is 7. The summed E-state index contributed by atoms with van der Waals surface area (Å²) in [5, 5.41) is 12.4. The first-order valence-corrected chi connectivity index (χ1v) is 11.7. The zero-order chi connectivity index (χ0) is 24.6. The third-order valence-electron chi connectivity index (χ3n) is 5.95. The molecule has 2 aliphatic rings. The zero-order valence-electron chi connectivity index (χ0n) is 19.6. The number of aromatic nitrogens is 3. The first-order valence-electron chi connectivity index (χ1n) is 11.7. The minimum absolute atomic E-state index is 0.140. The first-order chi connectivity index (χ1) is 16.8. The van der Waals surface area contributed by atoms with E-state index in [-0.39, 0.29) is 40.8 Å². The summed E-state index contributed by atoms with van der Waals surface area (Å²) in [4.78, 5) is 25.8. The summed E-state index contributed by atoms with van der Waals surface area (Å²) < 4.78 is 28.6. The van der Waals surface area contributed by atoms with Gasteiger partial charge >= 0.3 is 0 Å². The first kappa shape index (κ1) is 23.1. The van der Waals surface area contributed by atoms with Gasteiger partial charge in [0.05, 0.1) is 0 Å². The van der Waals surface area contributed by atoms with Crippen LogP contribution in [0.1, 0.15) is 53.9 Å². The van der Waals surface area contributed by atoms with Crippen molar-refractivity contribution in [1.82, 2.24) is 25.6 Å². The van der Waals surface area contributed by atoms with Crippen LogP contribution in [0.25, 0.3) is 0 Å². The predicted octanol–water partition coefficient (Wildman–Crippen LogP) is 4.24. The summed E-state index contributed by atoms with van der Waals surface area (Å²) in [5.74, 6) is -0.445. The molecule has 3 aromatic rings. The molecule has 3 heterocycles. The maximum absolute atomic E-state index is 14.5. The lowest BCUT2D eigenvalue weighted by molar-refractivity contribution is 0.0951. The highest BCUT2D eigenvalue weighted by molar-refractivity contribution is 5.99. The Hall–Kier alpha value is -3.66. The molecule has 182 valence electrons. The fourth-order valence-corrected chi connectivity index (χ4v) is 3.93. The van der Waals surface area contributed by atoms with Crippen LogP contribution in [0.5, 0.6) is 0 Å². The summed E-state index contributed by atoms with van der Waals surface area (Å²) in [6.45, 7) is 4.23. The molecule has 0 unspecified atom stereocenters. The van der Waals surface area contributed by atoms with Gasteiger partial charge in [0.15, 0.2) is 0 Å². The molecule has 10 heteroatoms. The standard InChI is InChI=1S/C25H27F2N7O/c1-25(2,27)21-19(26)7-8-20(32-21)33-22-18(23(35)30-16-5-6-16)13-29-24(34-22)31-17-4-3-15-12-28-10-9-14(15)11-17/h3-4,7-8,11,13,16,28H,5-6,9-10,12H2,1-2H3,(H,30,35)(H2,29,31,32,33,34). The van der Waals surface area contributed by atoms with Crippen molar-refractivity contribution < 1.29 is 13.6 Å². The molecule has 1 aromatic carbocycles. The highest BCUT2D eigenvalue weighted by atomic mass is 19.1. The van der Waals surface area contributed by atoms with E-state index in [0.717, 1.165) is 44.1 Å². The minimum atomic E-state index is -1.98. The number of carbonyl (C=O) groups excluding carboxylic acids is 1. The molecule has 5 rings (SSSR count). The van der Waals surface area contributed by atoms with Crippen LogP contribution >= 0.6 is 0 Å². The molecule has 0 spiro atoms. The Kier molecular flexibility index (Phi) is 6.06. The number of pyridine rings is 1. The van der Waals surface area contributed by atoms with E-state index in [4.69, 9.17) is 0 Å². The highest BCUT2D eigenvalue weighted by Gasteiger charge is 2.27. The predicted molar refractivity (Wildman–Crippen MR) is 129 cm³/mol. The van der Waals surface area contributed by atoms with Crippen molar-refractivity contribution >= 4 is 29.2 Å². The van der Waals surface area contributed by atoms with Crippen LogP contribution in [0.3, 0.4) is 0 Å². The molecule has 1 aliphatic heterocycles. The fourth-order valence-electron chi connectivity index (χ4n) is 3.93. The number of hydrogen-bond donors (Lipinski definition) is 4. The lowest BCUT2D eigenvalue weighted by Crippen LogP contribution is -2.27. The highest BCUT2D eigenvalue weighted by Crippen LogP contribution is 2.29. The van der Waals surface area contributed by atoms with E-state index < -0.39 is 11.5 Å². The average molecular weight is 480 g/mol. The van der Waals surface area contributed by atoms with Gasteiger partial charge in [0.2, 0.25) is 5.95 Å². The number of nitrogens with zero attached hydrogens (tertiary/aromatic N) is 3. The van der Waals surface area contributed by atoms with E-state index >= 15 is 0 Å². The molecule has 2 aromatic heterocycles. The normalized spacial score (nSPS) is 15.3. The Morgan fingerprint density at radius 2 is 1.94 bits per heavy atom. The van der Waals surface area contributed by atoms with Crippen LogP contribution in [0, 0.1) is 5.82 Å². The summed E-state index contributed by atoms with van der Waals surface area (Å²) in [5.41, 5.74) is 1.24. The van der Waals surface area contributed by atoms with E-state index in [0.29, 0.717) is 0 Å². The molecule has 0 saturated heterocycles. The van der Waals surface area contributed by atoms with Crippen molar-refractivity contribution in [3.8, 4) is 0 Å². The molecule has 0 bridgehead atoms. The smallest absolute Gasteiger partial charge is 0.256 e. The van der Waals surface area contributed by atoms with Crippen LogP contribution in [-0.2, 0) is 18.6 Å². The second-order valence-corrected chi connectivity index (χ2v) is 9.36. The Labute approximate surface area is 202 Å². The summed E-state index contributed by atoms with van der Waals surface area (Å²) in [7, 11) is 0. The maximum atomic E-state index is 14.5. The molecule has 1 amide bonds. The number of halogens is 2. The van der Waals surface area contributed by atoms with Crippen LogP contribution in [0.2, 0.25) is 0 Å². The molecule has 0 radical (unpaired) electrons. The largest absolute Gasteiger partial charge is 0.349 e. The van der Waals surface area contributed by atoms with Gasteiger partial charge in [-0.3, -0.25) is 4.79 Å². The monoisotopic (exact) mass is 479 g/mol. The molecule has 4 N–H and O–H groups in total. The van der Waals surface area contributed by atoms with E-state index in [1.54, 1.807) is 0 Å². The second kappa shape index (κ2) is 9.18. The number of rotatable bonds is 7. The van der Waals surface area contributed by atoms with Crippen LogP contribution in [0.4, 0.5) is 32.1 Å². The number of amides is 1. The Bertz CT molecular complexity index is 1270. The molecular formula is C25H27F2N7O. The van der Waals surface area contributed by atoms with Crippen molar-refractivity contribution in [3.63, 3.8) is 0 Å². The van der Waals surface area contributed by atoms with Gasteiger partial charge in [-0.25, -0.2) is 18.7 Å². The topological polar surface area (TPSA) is 104 Å². The molecule has 8 nitrogen and oxygen atoms in total. The second-order valence-electron chi connectivity index (χ2n) is 9.36. The molecule has 1 aliphatic carbocycles. The molecule has 0 atom stereocenters. The van der Waals surface area contributed by atoms with E-state index in [1.807, 2.05) is 6.07 Å². The number of fused-ring (bicyclic) bond motifs is 1. The lowest BCUT2D eigenvalue weighted by Gasteiger charge is -2.18. The Balaban J connectivity index is 1.45. The third kappa shape index (κ3) is 5.37. The van der Waals surface area contributed by atoms with Crippen molar-refractivity contribution in [1.29, 1.82) is 0 Å². The van der Waals surface area contributed by atoms with Crippen molar-refractivity contribution in [2.45, 2.75) is 51.4 Å². The van der Waals surface area contributed by atoms with Gasteiger partial charge in [0.25, 0.3) is 5.91 Å². The van der Waals surface area contributed by atoms with Gasteiger partial charge in [-0.2, -0.15) is 4.98 Å². The van der Waals surface area contributed by atoms with E-state index in [2.05, 4.69) is 48.4 Å². The quantitative estimate of drug-likeness (QED) is 0.402. The minimum Gasteiger partial charge on any atom is -0.349 e. The van der Waals surface area contributed by atoms with Crippen molar-refractivity contribution in [2.75, 3.05) is 17.2 Å². The molecule has 1 saturated carbocycles. The number of alkyl halides is 1. The lowest BCUT2D eigenvalue weighted by atomic mass is 10.0. The van der Waals surface area contributed by atoms with Crippen LogP contribution in [-0.4, -0.2) is 33.4 Å². The summed E-state index contributed by atoms with van der Waals surface area (Å²) in [6, 6.07) is 8.73. The number of carbonyl (C=O) groups is 1. The Morgan fingerprint density at radius 1 is 1.11 bits per heavy atom. The van der Waals surface area contributed by atoms with E-state index in [9.17, 15) is 13.6 Å². The van der Waals surface area contributed by atoms with Gasteiger partial charge in [-0.05, 0) is 75.0 Å². The fraction of sp³-hybridized carbons (Fsp3) is 0.360. The number of anilines is 4. The SMILES string of the molecule is CC(C)(F)c1nc(Nc2nc(Nc3ccc4c(c3)CCNC4)ncc2C(=O)NC2CC2)ccc1F. The van der Waals surface area contributed by atoms with Gasteiger partial charge in [0, 0.05) is 24.5 Å². The third-order valence-corrected chi connectivity index (χ3v) is 5.95. The van der Waals surface area contributed by atoms with Crippen LogP contribution < -0.4 is 21.3 Å². The average Bonchev–Trinajstić information content (AvgIpc) is 3.63.